The summed E-state index contributed by atoms with van der Waals surface area (Å²) < 4.78 is 0. The second-order valence-corrected chi connectivity index (χ2v) is 3.06. The third-order valence-corrected chi connectivity index (χ3v) is 1.77. The SMILES string of the molecule is NC(=O)CC(=O)NC[CH]c1ccccc1. The van der Waals surface area contributed by atoms with Gasteiger partial charge in [-0.2, -0.15) is 0 Å². The molecule has 1 radical (unpaired) electrons. The van der Waals surface area contributed by atoms with Crippen LogP contribution in [-0.4, -0.2) is 18.4 Å². The van der Waals surface area contributed by atoms with Gasteiger partial charge in [-0.25, -0.2) is 0 Å². The highest BCUT2D eigenvalue weighted by Gasteiger charge is 2.04. The molecule has 0 aromatic heterocycles. The molecule has 0 aliphatic rings. The zero-order valence-corrected chi connectivity index (χ0v) is 8.27. The van der Waals surface area contributed by atoms with Crippen LogP contribution < -0.4 is 11.1 Å². The minimum Gasteiger partial charge on any atom is -0.369 e. The van der Waals surface area contributed by atoms with E-state index in [4.69, 9.17) is 5.73 Å². The number of primary amides is 1. The summed E-state index contributed by atoms with van der Waals surface area (Å²) in [5, 5.41) is 2.57. The van der Waals surface area contributed by atoms with Crippen LogP contribution in [0.5, 0.6) is 0 Å². The van der Waals surface area contributed by atoms with E-state index in [9.17, 15) is 9.59 Å². The first-order chi connectivity index (χ1) is 7.18. The molecule has 1 aromatic rings. The molecule has 0 unspecified atom stereocenters. The monoisotopic (exact) mass is 205 g/mol. The molecule has 4 nitrogen and oxygen atoms in total. The molecule has 0 heterocycles. The van der Waals surface area contributed by atoms with E-state index in [0.29, 0.717) is 6.54 Å². The van der Waals surface area contributed by atoms with Crippen molar-refractivity contribution in [2.24, 2.45) is 5.73 Å². The largest absolute Gasteiger partial charge is 0.369 e. The maximum Gasteiger partial charge on any atom is 0.229 e. The van der Waals surface area contributed by atoms with Crippen LogP contribution in [0.15, 0.2) is 30.3 Å². The number of hydrogen-bond donors (Lipinski definition) is 2. The summed E-state index contributed by atoms with van der Waals surface area (Å²) >= 11 is 0. The molecule has 0 aliphatic heterocycles. The van der Waals surface area contributed by atoms with Crippen LogP contribution in [-0.2, 0) is 9.59 Å². The van der Waals surface area contributed by atoms with Crippen molar-refractivity contribution in [3.05, 3.63) is 42.3 Å². The summed E-state index contributed by atoms with van der Waals surface area (Å²) in [6.07, 6.45) is 1.60. The van der Waals surface area contributed by atoms with E-state index in [1.54, 1.807) is 0 Å². The molecular weight excluding hydrogens is 192 g/mol. The Hall–Kier alpha value is -1.84. The van der Waals surface area contributed by atoms with E-state index in [-0.39, 0.29) is 12.3 Å². The quantitative estimate of drug-likeness (QED) is 0.675. The summed E-state index contributed by atoms with van der Waals surface area (Å²) in [7, 11) is 0. The molecule has 0 fully saturated rings. The number of nitrogens with one attached hydrogen (secondary N) is 1. The standard InChI is InChI=1S/C11H13N2O2/c12-10(14)8-11(15)13-7-6-9-4-2-1-3-5-9/h1-6H,7-8H2,(H2,12,14)(H,13,15). The lowest BCUT2D eigenvalue weighted by Gasteiger charge is -2.03. The van der Waals surface area contributed by atoms with Gasteiger partial charge in [-0.3, -0.25) is 9.59 Å². The van der Waals surface area contributed by atoms with Gasteiger partial charge in [0.1, 0.15) is 6.42 Å². The van der Waals surface area contributed by atoms with Crippen LogP contribution in [0.4, 0.5) is 0 Å². The Bertz CT molecular complexity index is 336. The number of carbonyl (C=O) groups is 2. The normalized spacial score (nSPS) is 9.60. The van der Waals surface area contributed by atoms with Crippen LogP contribution in [0, 0.1) is 6.42 Å². The van der Waals surface area contributed by atoms with Gasteiger partial charge < -0.3 is 11.1 Å². The van der Waals surface area contributed by atoms with Crippen molar-refractivity contribution < 1.29 is 9.59 Å². The van der Waals surface area contributed by atoms with Crippen molar-refractivity contribution in [3.63, 3.8) is 0 Å². The van der Waals surface area contributed by atoms with Crippen molar-refractivity contribution in [2.45, 2.75) is 6.42 Å². The van der Waals surface area contributed by atoms with E-state index < -0.39 is 5.91 Å². The fraction of sp³-hybridized carbons (Fsp3) is 0.182. The van der Waals surface area contributed by atoms with E-state index in [0.717, 1.165) is 5.56 Å². The average molecular weight is 205 g/mol. The van der Waals surface area contributed by atoms with E-state index in [2.05, 4.69) is 5.32 Å². The van der Waals surface area contributed by atoms with Crippen molar-refractivity contribution in [3.8, 4) is 0 Å². The van der Waals surface area contributed by atoms with Crippen LogP contribution in [0.1, 0.15) is 12.0 Å². The second kappa shape index (κ2) is 5.80. The van der Waals surface area contributed by atoms with Crippen molar-refractivity contribution >= 4 is 11.8 Å². The average Bonchev–Trinajstić information content (AvgIpc) is 2.18. The minimum absolute atomic E-state index is 0.261. The molecule has 15 heavy (non-hydrogen) atoms. The van der Waals surface area contributed by atoms with Crippen LogP contribution in [0.2, 0.25) is 0 Å². The first-order valence-corrected chi connectivity index (χ1v) is 4.62. The molecule has 0 aliphatic carbocycles. The maximum absolute atomic E-state index is 11.0. The molecule has 0 spiro atoms. The highest BCUT2D eigenvalue weighted by Crippen LogP contribution is 2.00. The molecule has 0 saturated heterocycles. The summed E-state index contributed by atoms with van der Waals surface area (Å²) in [4.78, 5) is 21.4. The van der Waals surface area contributed by atoms with Gasteiger partial charge >= 0.3 is 0 Å². The molecule has 3 N–H and O–H groups in total. The van der Waals surface area contributed by atoms with Gasteiger partial charge in [0, 0.05) is 13.0 Å². The van der Waals surface area contributed by atoms with E-state index >= 15 is 0 Å². The van der Waals surface area contributed by atoms with Crippen molar-refractivity contribution in [1.82, 2.24) is 5.32 Å². The summed E-state index contributed by atoms with van der Waals surface area (Å²) in [5.74, 6) is -0.970. The first kappa shape index (κ1) is 11.2. The Balaban J connectivity index is 2.22. The molecule has 0 atom stereocenters. The van der Waals surface area contributed by atoms with Gasteiger partial charge in [-0.15, -0.1) is 0 Å². The van der Waals surface area contributed by atoms with Crippen molar-refractivity contribution in [1.29, 1.82) is 0 Å². The second-order valence-electron chi connectivity index (χ2n) is 3.06. The third-order valence-electron chi connectivity index (χ3n) is 1.77. The molecule has 0 bridgehead atoms. The van der Waals surface area contributed by atoms with E-state index in [1.165, 1.54) is 0 Å². The molecule has 0 saturated carbocycles. The van der Waals surface area contributed by atoms with Crippen molar-refractivity contribution in [2.75, 3.05) is 6.54 Å². The smallest absolute Gasteiger partial charge is 0.229 e. The summed E-state index contributed by atoms with van der Waals surface area (Å²) in [5.41, 5.74) is 5.89. The topological polar surface area (TPSA) is 72.2 Å². The minimum atomic E-state index is -0.618. The molecule has 2 amide bonds. The van der Waals surface area contributed by atoms with E-state index in [1.807, 2.05) is 36.8 Å². The fourth-order valence-corrected chi connectivity index (χ4v) is 1.09. The Morgan fingerprint density at radius 3 is 2.53 bits per heavy atom. The first-order valence-electron chi connectivity index (χ1n) is 4.62. The number of nitrogens with two attached hydrogens (primary N) is 1. The van der Waals surface area contributed by atoms with Crippen LogP contribution in [0.25, 0.3) is 0 Å². The van der Waals surface area contributed by atoms with Gasteiger partial charge in [0.05, 0.1) is 0 Å². The Morgan fingerprint density at radius 1 is 1.27 bits per heavy atom. The lowest BCUT2D eigenvalue weighted by Crippen LogP contribution is -2.29. The highest BCUT2D eigenvalue weighted by molar-refractivity contribution is 5.96. The third kappa shape index (κ3) is 4.81. The van der Waals surface area contributed by atoms with Gasteiger partial charge in [-0.05, 0) is 5.56 Å². The Morgan fingerprint density at radius 2 is 1.93 bits per heavy atom. The molecular formula is C11H13N2O2. The lowest BCUT2D eigenvalue weighted by molar-refractivity contribution is -0.127. The lowest BCUT2D eigenvalue weighted by atomic mass is 10.1. The molecule has 1 rings (SSSR count). The predicted octanol–water partition coefficient (Wildman–Crippen LogP) is 0.231. The van der Waals surface area contributed by atoms with Crippen LogP contribution in [0.3, 0.4) is 0 Å². The Kier molecular flexibility index (Phi) is 4.34. The number of benzene rings is 1. The molecule has 1 aromatic carbocycles. The number of hydrogen-bond acceptors (Lipinski definition) is 2. The number of rotatable bonds is 5. The maximum atomic E-state index is 11.0. The predicted molar refractivity (Wildman–Crippen MR) is 56.7 cm³/mol. The fourth-order valence-electron chi connectivity index (χ4n) is 1.09. The Labute approximate surface area is 88.5 Å². The summed E-state index contributed by atoms with van der Waals surface area (Å²) in [6, 6.07) is 9.61. The number of carbonyl (C=O) groups excluding carboxylic acids is 2. The van der Waals surface area contributed by atoms with Crippen LogP contribution >= 0.6 is 0 Å². The van der Waals surface area contributed by atoms with Gasteiger partial charge in [0.2, 0.25) is 11.8 Å². The number of amides is 2. The van der Waals surface area contributed by atoms with Gasteiger partial charge in [0.25, 0.3) is 0 Å². The zero-order chi connectivity index (χ0) is 11.1. The van der Waals surface area contributed by atoms with Gasteiger partial charge in [0.15, 0.2) is 0 Å². The zero-order valence-electron chi connectivity index (χ0n) is 8.27. The highest BCUT2D eigenvalue weighted by atomic mass is 16.2. The summed E-state index contributed by atoms with van der Waals surface area (Å²) in [6.45, 7) is 0.399. The molecule has 4 heteroatoms. The molecule has 79 valence electrons. The van der Waals surface area contributed by atoms with Gasteiger partial charge in [-0.1, -0.05) is 30.3 Å².